The average molecular weight is 498 g/mol. The highest BCUT2D eigenvalue weighted by Crippen LogP contribution is 2.40. The summed E-state index contributed by atoms with van der Waals surface area (Å²) in [5, 5.41) is 3.53. The quantitative estimate of drug-likeness (QED) is 0.412. The van der Waals surface area contributed by atoms with Crippen molar-refractivity contribution in [3.63, 3.8) is 0 Å². The molecule has 32 heavy (non-hydrogen) atoms. The average Bonchev–Trinajstić information content (AvgIpc) is 2.76. The summed E-state index contributed by atoms with van der Waals surface area (Å²) in [5.74, 6) is 1.95. The summed E-state index contributed by atoms with van der Waals surface area (Å²) in [4.78, 5) is 16.8. The highest BCUT2D eigenvalue weighted by Gasteiger charge is 2.22. The van der Waals surface area contributed by atoms with Crippen molar-refractivity contribution in [1.29, 1.82) is 0 Å². The Hall–Kier alpha value is -1.67. The fraction of sp³-hybridized carbons (Fsp3) is 0.478. The Morgan fingerprint density at radius 2 is 1.91 bits per heavy atom. The Morgan fingerprint density at radius 3 is 2.47 bits per heavy atom. The molecule has 174 valence electrons. The lowest BCUT2D eigenvalue weighted by Gasteiger charge is -2.29. The molecule has 3 rings (SSSR count). The molecular formula is C23H29Cl2N3O3S. The number of hydrogen-bond acceptors (Lipinski definition) is 6. The van der Waals surface area contributed by atoms with Crippen LogP contribution < -0.4 is 14.8 Å². The first-order valence-corrected chi connectivity index (χ1v) is 12.5. The molecule has 1 aliphatic rings. The van der Waals surface area contributed by atoms with Crippen LogP contribution in [0.1, 0.15) is 44.6 Å². The number of rotatable bonds is 8. The van der Waals surface area contributed by atoms with E-state index < -0.39 is 0 Å². The molecule has 0 aliphatic carbocycles. The third kappa shape index (κ3) is 6.44. The van der Waals surface area contributed by atoms with Gasteiger partial charge in [0.05, 0.1) is 23.4 Å². The minimum absolute atomic E-state index is 0.0330. The van der Waals surface area contributed by atoms with Crippen molar-refractivity contribution in [2.24, 2.45) is 5.92 Å². The molecule has 1 N–H and O–H groups in total. The smallest absolute Gasteiger partial charge is 0.224 e. The number of anilines is 1. The van der Waals surface area contributed by atoms with Crippen LogP contribution in [-0.2, 0) is 4.79 Å². The Balaban J connectivity index is 1.66. The van der Waals surface area contributed by atoms with Gasteiger partial charge >= 0.3 is 0 Å². The van der Waals surface area contributed by atoms with Gasteiger partial charge in [-0.1, -0.05) is 49.0 Å². The number of nitrogens with one attached hydrogen (secondary N) is 1. The van der Waals surface area contributed by atoms with Gasteiger partial charge in [0, 0.05) is 30.8 Å². The SMILES string of the molecule is COc1ncc(Oc2c(Cl)cc(NC(=O)CC3CCN(SC)CC3)cc2Cl)cc1C(C)C. The number of amides is 1. The zero-order valence-corrected chi connectivity index (χ0v) is 21.1. The van der Waals surface area contributed by atoms with E-state index >= 15 is 0 Å². The molecular weight excluding hydrogens is 469 g/mol. The normalized spacial score (nSPS) is 15.1. The number of carbonyl (C=O) groups is 1. The number of hydrogen-bond donors (Lipinski definition) is 1. The maximum Gasteiger partial charge on any atom is 0.224 e. The fourth-order valence-corrected chi connectivity index (χ4v) is 4.85. The first-order valence-electron chi connectivity index (χ1n) is 10.6. The minimum Gasteiger partial charge on any atom is -0.481 e. The van der Waals surface area contributed by atoms with Crippen molar-refractivity contribution < 1.29 is 14.3 Å². The number of halogens is 2. The molecule has 2 heterocycles. The fourth-order valence-electron chi connectivity index (χ4n) is 3.71. The molecule has 6 nitrogen and oxygen atoms in total. The van der Waals surface area contributed by atoms with Gasteiger partial charge in [-0.15, -0.1) is 0 Å². The van der Waals surface area contributed by atoms with Crippen LogP contribution in [0.5, 0.6) is 17.4 Å². The van der Waals surface area contributed by atoms with Crippen LogP contribution in [0.3, 0.4) is 0 Å². The largest absolute Gasteiger partial charge is 0.481 e. The Bertz CT molecular complexity index is 927. The zero-order chi connectivity index (χ0) is 23.3. The van der Waals surface area contributed by atoms with Gasteiger partial charge in [0.1, 0.15) is 5.75 Å². The summed E-state index contributed by atoms with van der Waals surface area (Å²) in [6.07, 6.45) is 6.19. The second-order valence-corrected chi connectivity index (χ2v) is 9.80. The van der Waals surface area contributed by atoms with Gasteiger partial charge in [-0.3, -0.25) is 9.10 Å². The highest BCUT2D eigenvalue weighted by molar-refractivity contribution is 7.96. The van der Waals surface area contributed by atoms with Gasteiger partial charge in [0.15, 0.2) is 5.75 Å². The van der Waals surface area contributed by atoms with Crippen LogP contribution in [0, 0.1) is 5.92 Å². The van der Waals surface area contributed by atoms with Crippen molar-refractivity contribution in [3.05, 3.63) is 40.0 Å². The maximum absolute atomic E-state index is 12.5. The first kappa shape index (κ1) is 25.0. The van der Waals surface area contributed by atoms with Gasteiger partial charge in [-0.25, -0.2) is 4.98 Å². The van der Waals surface area contributed by atoms with Crippen LogP contribution in [0.25, 0.3) is 0 Å². The lowest BCUT2D eigenvalue weighted by Crippen LogP contribution is -2.30. The van der Waals surface area contributed by atoms with E-state index in [1.807, 2.05) is 19.9 Å². The van der Waals surface area contributed by atoms with Gasteiger partial charge in [0.2, 0.25) is 11.8 Å². The molecule has 1 aliphatic heterocycles. The van der Waals surface area contributed by atoms with E-state index in [1.165, 1.54) is 0 Å². The summed E-state index contributed by atoms with van der Waals surface area (Å²) in [7, 11) is 1.59. The van der Waals surface area contributed by atoms with Crippen LogP contribution in [0.15, 0.2) is 24.4 Å². The number of ether oxygens (including phenoxy) is 2. The number of benzene rings is 1. The highest BCUT2D eigenvalue weighted by atomic mass is 35.5. The number of nitrogens with zero attached hydrogens (tertiary/aromatic N) is 2. The second-order valence-electron chi connectivity index (χ2n) is 8.10. The molecule has 1 fully saturated rings. The predicted octanol–water partition coefficient (Wildman–Crippen LogP) is 6.63. The van der Waals surface area contributed by atoms with Gasteiger partial charge < -0.3 is 14.8 Å². The van der Waals surface area contributed by atoms with Gasteiger partial charge in [-0.05, 0) is 49.1 Å². The molecule has 0 saturated carbocycles. The molecule has 0 atom stereocenters. The summed E-state index contributed by atoms with van der Waals surface area (Å²) >= 11 is 14.6. The summed E-state index contributed by atoms with van der Waals surface area (Å²) in [6.45, 7) is 6.13. The van der Waals surface area contributed by atoms with E-state index in [-0.39, 0.29) is 11.8 Å². The van der Waals surface area contributed by atoms with E-state index in [2.05, 4.69) is 20.9 Å². The minimum atomic E-state index is -0.0330. The topological polar surface area (TPSA) is 63.7 Å². The maximum atomic E-state index is 12.5. The summed E-state index contributed by atoms with van der Waals surface area (Å²) < 4.78 is 13.6. The molecule has 0 unspecified atom stereocenters. The Labute approximate surface area is 204 Å². The Kier molecular flexibility index (Phi) is 8.94. The molecule has 9 heteroatoms. The van der Waals surface area contributed by atoms with Crippen LogP contribution >= 0.6 is 35.1 Å². The van der Waals surface area contributed by atoms with Gasteiger partial charge in [-0.2, -0.15) is 0 Å². The first-order chi connectivity index (χ1) is 15.3. The molecule has 0 radical (unpaired) electrons. The third-order valence-corrected chi connectivity index (χ3v) is 6.92. The molecule has 1 saturated heterocycles. The molecule has 1 aromatic carbocycles. The van der Waals surface area contributed by atoms with E-state index in [9.17, 15) is 4.79 Å². The monoisotopic (exact) mass is 497 g/mol. The van der Waals surface area contributed by atoms with Gasteiger partial charge in [0.25, 0.3) is 0 Å². The summed E-state index contributed by atoms with van der Waals surface area (Å²) in [6, 6.07) is 5.16. The predicted molar refractivity (Wildman–Crippen MR) is 132 cm³/mol. The second kappa shape index (κ2) is 11.5. The number of pyridine rings is 1. The van der Waals surface area contributed by atoms with Crippen LogP contribution in [0.2, 0.25) is 10.0 Å². The third-order valence-electron chi connectivity index (χ3n) is 5.48. The number of aromatic nitrogens is 1. The van der Waals surface area contributed by atoms with E-state index in [0.717, 1.165) is 31.5 Å². The number of methoxy groups -OCH3 is 1. The standard InChI is InChI=1S/C23H29Cl2N3O3S/c1-14(2)18-12-17(13-26-23(18)30-3)31-22-19(24)10-16(11-20(22)25)27-21(29)9-15-5-7-28(32-4)8-6-15/h10-15H,5-9H2,1-4H3,(H,27,29). The lowest BCUT2D eigenvalue weighted by molar-refractivity contribution is -0.117. The van der Waals surface area contributed by atoms with Crippen molar-refractivity contribution in [3.8, 4) is 17.4 Å². The summed E-state index contributed by atoms with van der Waals surface area (Å²) in [5.41, 5.74) is 1.47. The zero-order valence-electron chi connectivity index (χ0n) is 18.8. The molecule has 1 aromatic heterocycles. The molecule has 1 amide bonds. The number of piperidine rings is 1. The van der Waals surface area contributed by atoms with Crippen molar-refractivity contribution in [1.82, 2.24) is 9.29 Å². The molecule has 2 aromatic rings. The van der Waals surface area contributed by atoms with Crippen molar-refractivity contribution in [2.45, 2.75) is 39.0 Å². The number of carbonyl (C=O) groups excluding carboxylic acids is 1. The lowest BCUT2D eigenvalue weighted by atomic mass is 9.94. The molecule has 0 bridgehead atoms. The van der Waals surface area contributed by atoms with E-state index in [0.29, 0.717) is 45.5 Å². The van der Waals surface area contributed by atoms with Crippen molar-refractivity contribution >= 4 is 46.7 Å². The van der Waals surface area contributed by atoms with E-state index in [1.54, 1.807) is 37.4 Å². The Morgan fingerprint density at radius 1 is 1.25 bits per heavy atom. The van der Waals surface area contributed by atoms with Crippen molar-refractivity contribution in [2.75, 3.05) is 31.8 Å². The van der Waals surface area contributed by atoms with E-state index in [4.69, 9.17) is 32.7 Å². The van der Waals surface area contributed by atoms with Crippen LogP contribution in [0.4, 0.5) is 5.69 Å². The van der Waals surface area contributed by atoms with Crippen LogP contribution in [-0.4, -0.2) is 41.7 Å². The molecule has 0 spiro atoms.